The number of thioether (sulfide) groups is 1. The van der Waals surface area contributed by atoms with Crippen LogP contribution in [-0.4, -0.2) is 57.1 Å². The van der Waals surface area contributed by atoms with Crippen LogP contribution in [0.15, 0.2) is 41.6 Å². The minimum absolute atomic E-state index is 0.0889. The van der Waals surface area contributed by atoms with Gasteiger partial charge in [0.15, 0.2) is 0 Å². The average molecular weight is 359 g/mol. The topological polar surface area (TPSA) is 80.6 Å². The van der Waals surface area contributed by atoms with Crippen LogP contribution in [0.25, 0.3) is 5.69 Å². The second kappa shape index (κ2) is 6.98. The Morgan fingerprint density at radius 2 is 1.96 bits per heavy atom. The summed E-state index contributed by atoms with van der Waals surface area (Å²) in [7, 11) is 5.20. The molecule has 0 saturated carbocycles. The average Bonchev–Trinajstić information content (AvgIpc) is 3.15. The van der Waals surface area contributed by atoms with Gasteiger partial charge in [0.1, 0.15) is 11.4 Å². The van der Waals surface area contributed by atoms with Crippen molar-refractivity contribution in [3.8, 4) is 11.4 Å². The minimum Gasteiger partial charge on any atom is -0.497 e. The second-order valence-electron chi connectivity index (χ2n) is 5.57. The molecule has 2 amide bonds. The lowest BCUT2D eigenvalue weighted by atomic mass is 10.3. The predicted molar refractivity (Wildman–Crippen MR) is 93.2 cm³/mol. The third-order valence-electron chi connectivity index (χ3n) is 3.45. The SMILES string of the molecule is COc1ccc(-n2cc(CN3C(=O)S/C(=C\N(C)C)C3=O)nn2)cc1. The lowest BCUT2D eigenvalue weighted by molar-refractivity contribution is -0.123. The summed E-state index contributed by atoms with van der Waals surface area (Å²) in [5.41, 5.74) is 1.34. The molecule has 1 aliphatic rings. The lowest BCUT2D eigenvalue weighted by Gasteiger charge is -2.10. The number of imide groups is 1. The molecule has 8 nitrogen and oxygen atoms in total. The first-order valence-corrected chi connectivity index (χ1v) is 8.27. The molecule has 2 heterocycles. The molecule has 0 aliphatic carbocycles. The van der Waals surface area contributed by atoms with Gasteiger partial charge in [-0.05, 0) is 36.0 Å². The summed E-state index contributed by atoms with van der Waals surface area (Å²) in [6.07, 6.45) is 3.33. The Morgan fingerprint density at radius 1 is 1.24 bits per heavy atom. The maximum Gasteiger partial charge on any atom is 0.293 e. The summed E-state index contributed by atoms with van der Waals surface area (Å²) in [6, 6.07) is 7.33. The Kier molecular flexibility index (Phi) is 4.75. The molecule has 1 aromatic carbocycles. The highest BCUT2D eigenvalue weighted by Crippen LogP contribution is 2.31. The van der Waals surface area contributed by atoms with Crippen LogP contribution >= 0.6 is 11.8 Å². The number of hydrogen-bond acceptors (Lipinski definition) is 7. The number of nitrogens with zero attached hydrogens (tertiary/aromatic N) is 5. The highest BCUT2D eigenvalue weighted by atomic mass is 32.2. The number of ether oxygens (including phenoxy) is 1. The van der Waals surface area contributed by atoms with Crippen molar-refractivity contribution >= 4 is 22.9 Å². The van der Waals surface area contributed by atoms with Crippen LogP contribution in [0.3, 0.4) is 0 Å². The molecule has 2 aromatic rings. The van der Waals surface area contributed by atoms with Crippen molar-refractivity contribution in [1.82, 2.24) is 24.8 Å². The van der Waals surface area contributed by atoms with E-state index in [1.165, 1.54) is 4.90 Å². The van der Waals surface area contributed by atoms with E-state index >= 15 is 0 Å². The number of carbonyl (C=O) groups is 2. The molecule has 1 aromatic heterocycles. The van der Waals surface area contributed by atoms with Gasteiger partial charge in [-0.3, -0.25) is 14.5 Å². The van der Waals surface area contributed by atoms with Crippen LogP contribution in [0.1, 0.15) is 5.69 Å². The number of rotatable bonds is 5. The number of amides is 2. The van der Waals surface area contributed by atoms with Crippen molar-refractivity contribution < 1.29 is 14.3 Å². The zero-order valence-electron chi connectivity index (χ0n) is 14.0. The molecule has 25 heavy (non-hydrogen) atoms. The van der Waals surface area contributed by atoms with E-state index in [-0.39, 0.29) is 17.7 Å². The molecule has 1 aliphatic heterocycles. The molecule has 9 heteroatoms. The van der Waals surface area contributed by atoms with Gasteiger partial charge in [0, 0.05) is 20.3 Å². The van der Waals surface area contributed by atoms with Gasteiger partial charge >= 0.3 is 0 Å². The van der Waals surface area contributed by atoms with E-state index in [2.05, 4.69) is 10.3 Å². The van der Waals surface area contributed by atoms with Crippen molar-refractivity contribution in [1.29, 1.82) is 0 Å². The number of aromatic nitrogens is 3. The maximum atomic E-state index is 12.3. The van der Waals surface area contributed by atoms with Gasteiger partial charge in [-0.25, -0.2) is 4.68 Å². The van der Waals surface area contributed by atoms with Crippen molar-refractivity contribution in [2.24, 2.45) is 0 Å². The van der Waals surface area contributed by atoms with Crippen LogP contribution in [-0.2, 0) is 11.3 Å². The molecule has 3 rings (SSSR count). The first kappa shape index (κ1) is 17.0. The van der Waals surface area contributed by atoms with Crippen LogP contribution in [0.2, 0.25) is 0 Å². The standard InChI is InChI=1S/C16H17N5O3S/c1-19(2)10-14-15(22)20(16(23)25-14)8-11-9-21(18-17-11)12-4-6-13(24-3)7-5-12/h4-7,9-10H,8H2,1-3H3/b14-10-. The Labute approximate surface area is 149 Å². The van der Waals surface area contributed by atoms with Gasteiger partial charge in [-0.1, -0.05) is 5.21 Å². The number of carbonyl (C=O) groups excluding carboxylic acids is 2. The molecule has 1 saturated heterocycles. The molecule has 0 bridgehead atoms. The van der Waals surface area contributed by atoms with E-state index in [9.17, 15) is 9.59 Å². The molecule has 0 atom stereocenters. The van der Waals surface area contributed by atoms with Crippen molar-refractivity contribution in [2.45, 2.75) is 6.54 Å². The van der Waals surface area contributed by atoms with Crippen LogP contribution in [0, 0.1) is 0 Å². The van der Waals surface area contributed by atoms with E-state index in [0.717, 1.165) is 23.2 Å². The fourth-order valence-corrected chi connectivity index (χ4v) is 3.16. The fourth-order valence-electron chi connectivity index (χ4n) is 2.26. The highest BCUT2D eigenvalue weighted by Gasteiger charge is 2.35. The molecular formula is C16H17N5O3S. The van der Waals surface area contributed by atoms with E-state index in [1.807, 2.05) is 24.3 Å². The summed E-state index contributed by atoms with van der Waals surface area (Å²) in [5, 5.41) is 7.79. The Bertz CT molecular complexity index is 829. The van der Waals surface area contributed by atoms with Gasteiger partial charge in [-0.2, -0.15) is 0 Å². The van der Waals surface area contributed by atoms with Crippen molar-refractivity contribution in [3.63, 3.8) is 0 Å². The fraction of sp³-hybridized carbons (Fsp3) is 0.250. The van der Waals surface area contributed by atoms with E-state index in [4.69, 9.17) is 4.74 Å². The van der Waals surface area contributed by atoms with Crippen molar-refractivity contribution in [2.75, 3.05) is 21.2 Å². The molecule has 1 fully saturated rings. The zero-order chi connectivity index (χ0) is 18.0. The number of methoxy groups -OCH3 is 1. The normalized spacial score (nSPS) is 16.0. The first-order valence-electron chi connectivity index (χ1n) is 7.45. The molecular weight excluding hydrogens is 342 g/mol. The van der Waals surface area contributed by atoms with Gasteiger partial charge in [0.25, 0.3) is 11.1 Å². The molecule has 0 N–H and O–H groups in total. The summed E-state index contributed by atoms with van der Waals surface area (Å²) in [5.74, 6) is 0.428. The molecule has 0 unspecified atom stereocenters. The Balaban J connectivity index is 1.75. The number of benzene rings is 1. The van der Waals surface area contributed by atoms with Crippen LogP contribution in [0.4, 0.5) is 4.79 Å². The van der Waals surface area contributed by atoms with Gasteiger partial charge in [-0.15, -0.1) is 5.10 Å². The van der Waals surface area contributed by atoms with E-state index in [0.29, 0.717) is 10.6 Å². The summed E-state index contributed by atoms with van der Waals surface area (Å²) >= 11 is 0.925. The third kappa shape index (κ3) is 3.66. The van der Waals surface area contributed by atoms with Crippen molar-refractivity contribution in [3.05, 3.63) is 47.3 Å². The first-order chi connectivity index (χ1) is 12.0. The Morgan fingerprint density at radius 3 is 2.60 bits per heavy atom. The maximum absolute atomic E-state index is 12.3. The summed E-state index contributed by atoms with van der Waals surface area (Å²) in [6.45, 7) is 0.0889. The third-order valence-corrected chi connectivity index (χ3v) is 4.34. The monoisotopic (exact) mass is 359 g/mol. The van der Waals surface area contributed by atoms with Crippen LogP contribution in [0.5, 0.6) is 5.75 Å². The quantitative estimate of drug-likeness (QED) is 0.754. The zero-order valence-corrected chi connectivity index (χ0v) is 14.9. The van der Waals surface area contributed by atoms with Crippen LogP contribution < -0.4 is 4.74 Å². The van der Waals surface area contributed by atoms with Gasteiger partial charge in [0.2, 0.25) is 0 Å². The predicted octanol–water partition coefficient (Wildman–Crippen LogP) is 1.87. The number of hydrogen-bond donors (Lipinski definition) is 0. The molecule has 0 spiro atoms. The largest absolute Gasteiger partial charge is 0.497 e. The second-order valence-corrected chi connectivity index (χ2v) is 6.56. The van der Waals surface area contributed by atoms with Gasteiger partial charge in [0.05, 0.1) is 30.4 Å². The smallest absolute Gasteiger partial charge is 0.293 e. The van der Waals surface area contributed by atoms with E-state index in [1.54, 1.807) is 43.2 Å². The highest BCUT2D eigenvalue weighted by molar-refractivity contribution is 8.18. The summed E-state index contributed by atoms with van der Waals surface area (Å²) < 4.78 is 6.71. The Hall–Kier alpha value is -2.81. The summed E-state index contributed by atoms with van der Waals surface area (Å²) in [4.78, 5) is 27.7. The molecule has 0 radical (unpaired) electrons. The lowest BCUT2D eigenvalue weighted by Crippen LogP contribution is -2.28. The van der Waals surface area contributed by atoms with E-state index < -0.39 is 0 Å². The van der Waals surface area contributed by atoms with Gasteiger partial charge < -0.3 is 9.64 Å². The minimum atomic E-state index is -0.317. The molecule has 130 valence electrons.